The minimum Gasteiger partial charge on any atom is -0.326 e. The van der Waals surface area contributed by atoms with Crippen LogP contribution < -0.4 is 11.1 Å². The minimum absolute atomic E-state index is 0.118. The lowest BCUT2D eigenvalue weighted by Crippen LogP contribution is -2.54. The number of nitrogens with one attached hydrogen (secondary N) is 1. The standard InChI is InChI=1S/C24H32N4O4/c1-24(2,25)10-7-15-8-11-27(12-9-15)14-16-3-4-17-18(13-16)23(32)28(22(17)31)19-5-6-20(29)26-21(19)30/h3-4,13,15,19H,5-12,14,25H2,1-2H3,(H,26,29,30). The van der Waals surface area contributed by atoms with Crippen LogP contribution in [0.1, 0.15) is 78.7 Å². The van der Waals surface area contributed by atoms with Crippen LogP contribution in [0.5, 0.6) is 0 Å². The summed E-state index contributed by atoms with van der Waals surface area (Å²) in [6.45, 7) is 6.87. The quantitative estimate of drug-likeness (QED) is 0.653. The van der Waals surface area contributed by atoms with Crippen LogP contribution in [0.25, 0.3) is 0 Å². The molecule has 0 spiro atoms. The third-order valence-electron chi connectivity index (χ3n) is 6.81. The molecule has 3 N–H and O–H groups in total. The van der Waals surface area contributed by atoms with Gasteiger partial charge in [-0.15, -0.1) is 0 Å². The summed E-state index contributed by atoms with van der Waals surface area (Å²) in [5.41, 5.74) is 7.65. The number of nitrogens with zero attached hydrogens (tertiary/aromatic N) is 2. The molecular formula is C24H32N4O4. The molecule has 8 nitrogen and oxygen atoms in total. The zero-order valence-corrected chi connectivity index (χ0v) is 18.9. The van der Waals surface area contributed by atoms with Crippen LogP contribution >= 0.6 is 0 Å². The Kier molecular flexibility index (Phi) is 6.18. The fourth-order valence-electron chi connectivity index (χ4n) is 4.88. The number of carbonyl (C=O) groups excluding carboxylic acids is 4. The number of imide groups is 2. The third kappa shape index (κ3) is 4.76. The van der Waals surface area contributed by atoms with Gasteiger partial charge in [0.15, 0.2) is 0 Å². The Labute approximate surface area is 188 Å². The number of hydrogen-bond acceptors (Lipinski definition) is 6. The van der Waals surface area contributed by atoms with E-state index >= 15 is 0 Å². The monoisotopic (exact) mass is 440 g/mol. The van der Waals surface area contributed by atoms with Crippen molar-refractivity contribution in [2.45, 2.75) is 70.5 Å². The van der Waals surface area contributed by atoms with Gasteiger partial charge in [-0.05, 0) is 82.7 Å². The van der Waals surface area contributed by atoms with Crippen LogP contribution in [0, 0.1) is 5.92 Å². The lowest BCUT2D eigenvalue weighted by Gasteiger charge is -2.33. The summed E-state index contributed by atoms with van der Waals surface area (Å²) in [4.78, 5) is 52.8. The number of likely N-dealkylation sites (tertiary alicyclic amines) is 1. The molecule has 3 aliphatic rings. The predicted molar refractivity (Wildman–Crippen MR) is 119 cm³/mol. The van der Waals surface area contributed by atoms with Gasteiger partial charge in [0.1, 0.15) is 6.04 Å². The SMILES string of the molecule is CC(C)(N)CCC1CCN(Cc2ccc3c(c2)C(=O)N(C2CCC(=O)NC2=O)C3=O)CC1. The lowest BCUT2D eigenvalue weighted by molar-refractivity contribution is -0.136. The van der Waals surface area contributed by atoms with Crippen molar-refractivity contribution in [3.63, 3.8) is 0 Å². The summed E-state index contributed by atoms with van der Waals surface area (Å²) in [5, 5.41) is 2.22. The summed E-state index contributed by atoms with van der Waals surface area (Å²) in [5.74, 6) is -1.17. The van der Waals surface area contributed by atoms with Crippen molar-refractivity contribution in [2.75, 3.05) is 13.1 Å². The average Bonchev–Trinajstić information content (AvgIpc) is 2.97. The van der Waals surface area contributed by atoms with Gasteiger partial charge >= 0.3 is 0 Å². The molecule has 4 amide bonds. The molecule has 1 unspecified atom stereocenters. The van der Waals surface area contributed by atoms with Crippen LogP contribution in [-0.4, -0.2) is 58.1 Å². The van der Waals surface area contributed by atoms with E-state index < -0.39 is 23.8 Å². The van der Waals surface area contributed by atoms with Gasteiger partial charge in [-0.3, -0.25) is 34.3 Å². The van der Waals surface area contributed by atoms with E-state index in [0.717, 1.165) is 55.8 Å². The van der Waals surface area contributed by atoms with Gasteiger partial charge in [0.25, 0.3) is 11.8 Å². The summed E-state index contributed by atoms with van der Waals surface area (Å²) in [7, 11) is 0. The van der Waals surface area contributed by atoms with Crippen molar-refractivity contribution in [1.82, 2.24) is 15.1 Å². The molecule has 2 fully saturated rings. The van der Waals surface area contributed by atoms with E-state index in [1.807, 2.05) is 6.07 Å². The third-order valence-corrected chi connectivity index (χ3v) is 6.81. The molecule has 1 aromatic carbocycles. The second-order valence-electron chi connectivity index (χ2n) is 10.1. The van der Waals surface area contributed by atoms with Crippen LogP contribution in [0.2, 0.25) is 0 Å². The van der Waals surface area contributed by atoms with Crippen molar-refractivity contribution in [1.29, 1.82) is 0 Å². The maximum Gasteiger partial charge on any atom is 0.262 e. The van der Waals surface area contributed by atoms with E-state index in [2.05, 4.69) is 24.1 Å². The van der Waals surface area contributed by atoms with Gasteiger partial charge in [-0.2, -0.15) is 0 Å². The van der Waals surface area contributed by atoms with Gasteiger partial charge in [-0.1, -0.05) is 6.07 Å². The second kappa shape index (κ2) is 8.75. The molecule has 0 bridgehead atoms. The average molecular weight is 441 g/mol. The fourth-order valence-corrected chi connectivity index (χ4v) is 4.88. The highest BCUT2D eigenvalue weighted by Gasteiger charge is 2.44. The van der Waals surface area contributed by atoms with E-state index in [-0.39, 0.29) is 24.3 Å². The number of amides is 4. The van der Waals surface area contributed by atoms with Crippen LogP contribution in [0.3, 0.4) is 0 Å². The highest BCUT2D eigenvalue weighted by molar-refractivity contribution is 6.23. The lowest BCUT2D eigenvalue weighted by atomic mass is 9.87. The Balaban J connectivity index is 1.38. The molecule has 2 saturated heterocycles. The van der Waals surface area contributed by atoms with Gasteiger partial charge < -0.3 is 5.73 Å². The second-order valence-corrected chi connectivity index (χ2v) is 10.1. The van der Waals surface area contributed by atoms with E-state index in [4.69, 9.17) is 5.73 Å². The maximum atomic E-state index is 13.0. The molecule has 0 aromatic heterocycles. The van der Waals surface area contributed by atoms with Gasteiger partial charge in [0.2, 0.25) is 11.8 Å². The van der Waals surface area contributed by atoms with Gasteiger partial charge in [0.05, 0.1) is 11.1 Å². The van der Waals surface area contributed by atoms with E-state index in [1.54, 1.807) is 12.1 Å². The summed E-state index contributed by atoms with van der Waals surface area (Å²) in [6.07, 6.45) is 4.75. The maximum absolute atomic E-state index is 13.0. The number of fused-ring (bicyclic) bond motifs is 1. The number of carbonyl (C=O) groups is 4. The summed E-state index contributed by atoms with van der Waals surface area (Å²) < 4.78 is 0. The van der Waals surface area contributed by atoms with E-state index in [9.17, 15) is 19.2 Å². The first-order chi connectivity index (χ1) is 15.1. The molecule has 3 aliphatic heterocycles. The highest BCUT2D eigenvalue weighted by atomic mass is 16.2. The van der Waals surface area contributed by atoms with Crippen molar-refractivity contribution in [3.05, 3.63) is 34.9 Å². The van der Waals surface area contributed by atoms with Crippen molar-refractivity contribution >= 4 is 23.6 Å². The topological polar surface area (TPSA) is 113 Å². The van der Waals surface area contributed by atoms with Crippen molar-refractivity contribution in [3.8, 4) is 0 Å². The zero-order valence-electron chi connectivity index (χ0n) is 18.9. The largest absolute Gasteiger partial charge is 0.326 e. The first kappa shape index (κ1) is 22.6. The molecule has 172 valence electrons. The molecular weight excluding hydrogens is 408 g/mol. The molecule has 0 saturated carbocycles. The molecule has 0 aliphatic carbocycles. The van der Waals surface area contributed by atoms with Crippen molar-refractivity contribution < 1.29 is 19.2 Å². The van der Waals surface area contributed by atoms with Crippen LogP contribution in [0.15, 0.2) is 18.2 Å². The first-order valence-corrected chi connectivity index (χ1v) is 11.5. The van der Waals surface area contributed by atoms with Crippen molar-refractivity contribution in [2.24, 2.45) is 11.7 Å². The number of nitrogens with two attached hydrogens (primary N) is 1. The molecule has 0 radical (unpaired) electrons. The molecule has 32 heavy (non-hydrogen) atoms. The number of benzene rings is 1. The minimum atomic E-state index is -0.930. The van der Waals surface area contributed by atoms with E-state index in [1.165, 1.54) is 0 Å². The summed E-state index contributed by atoms with van der Waals surface area (Å²) >= 11 is 0. The van der Waals surface area contributed by atoms with E-state index in [0.29, 0.717) is 17.0 Å². The zero-order chi connectivity index (χ0) is 23.0. The number of rotatable bonds is 6. The Morgan fingerprint density at radius 2 is 1.72 bits per heavy atom. The van der Waals surface area contributed by atoms with Crippen LogP contribution in [0.4, 0.5) is 0 Å². The Morgan fingerprint density at radius 1 is 1.03 bits per heavy atom. The Morgan fingerprint density at radius 3 is 2.38 bits per heavy atom. The smallest absolute Gasteiger partial charge is 0.262 e. The summed E-state index contributed by atoms with van der Waals surface area (Å²) in [6, 6.07) is 4.43. The fraction of sp³-hybridized carbons (Fsp3) is 0.583. The Hall–Kier alpha value is -2.58. The predicted octanol–water partition coefficient (Wildman–Crippen LogP) is 1.82. The number of hydrogen-bond donors (Lipinski definition) is 2. The number of piperidine rings is 2. The molecule has 8 heteroatoms. The normalized spacial score (nSPS) is 23.0. The Bertz CT molecular complexity index is 944. The molecule has 1 aromatic rings. The first-order valence-electron chi connectivity index (χ1n) is 11.5. The molecule has 1 atom stereocenters. The molecule has 4 rings (SSSR count). The van der Waals surface area contributed by atoms with Gasteiger partial charge in [0, 0.05) is 18.5 Å². The van der Waals surface area contributed by atoms with Gasteiger partial charge in [-0.25, -0.2) is 0 Å². The van der Waals surface area contributed by atoms with Crippen LogP contribution in [-0.2, 0) is 16.1 Å². The molecule has 3 heterocycles. The highest BCUT2D eigenvalue weighted by Crippen LogP contribution is 2.30.